The van der Waals surface area contributed by atoms with Gasteiger partial charge in [0, 0.05) is 72.5 Å². The molecule has 69 heavy (non-hydrogen) atoms. The molecule has 10 aromatic carbocycles. The first kappa shape index (κ1) is 37.6. The zero-order valence-electron chi connectivity index (χ0n) is 38.2. The van der Waals surface area contributed by atoms with Gasteiger partial charge in [0.25, 0.3) is 6.71 Å². The largest absolute Gasteiger partial charge is 0.312 e. The number of anilines is 9. The minimum absolute atomic E-state index is 0.0428. The van der Waals surface area contributed by atoms with Crippen LogP contribution in [0.5, 0.6) is 0 Å². The zero-order valence-corrected chi connectivity index (χ0v) is 38.2. The highest BCUT2D eigenvalue weighted by atomic mass is 15.2. The number of para-hydroxylation sites is 6. The van der Waals surface area contributed by atoms with E-state index in [1.807, 2.05) is 0 Å². The maximum Gasteiger partial charge on any atom is 0.252 e. The summed E-state index contributed by atoms with van der Waals surface area (Å²) in [6.07, 6.45) is 0. The van der Waals surface area contributed by atoms with Crippen LogP contribution in [0.15, 0.2) is 218 Å². The summed E-state index contributed by atoms with van der Waals surface area (Å²) in [5.74, 6) is 0. The Kier molecular flexibility index (Phi) is 7.28. The third-order valence-corrected chi connectivity index (χ3v) is 16.3. The average molecular weight is 877 g/mol. The number of hydrogen-bond acceptors (Lipinski definition) is 3. The molecule has 6 heterocycles. The van der Waals surface area contributed by atoms with Gasteiger partial charge in [-0.1, -0.05) is 159 Å². The van der Waals surface area contributed by atoms with Crippen LogP contribution in [0.1, 0.15) is 25.0 Å². The molecule has 12 aromatic rings. The normalized spacial score (nSPS) is 14.8. The Morgan fingerprint density at radius 2 is 0.870 bits per heavy atom. The van der Waals surface area contributed by atoms with Crippen molar-refractivity contribution in [2.24, 2.45) is 0 Å². The molecule has 0 saturated heterocycles. The van der Waals surface area contributed by atoms with Crippen molar-refractivity contribution < 1.29 is 0 Å². The van der Waals surface area contributed by atoms with Gasteiger partial charge < -0.3 is 19.1 Å². The van der Waals surface area contributed by atoms with E-state index in [1.165, 1.54) is 122 Å². The van der Waals surface area contributed by atoms with E-state index in [-0.39, 0.29) is 18.8 Å². The second-order valence-electron chi connectivity index (χ2n) is 20.0. The average Bonchev–Trinajstić information content (AvgIpc) is 3.92. The van der Waals surface area contributed by atoms with Gasteiger partial charge in [-0.2, -0.15) is 0 Å². The summed E-state index contributed by atoms with van der Waals surface area (Å²) in [4.78, 5) is 7.67. The molecule has 0 atom stereocenters. The lowest BCUT2D eigenvalue weighted by Crippen LogP contribution is -2.66. The van der Waals surface area contributed by atoms with Crippen LogP contribution in [-0.2, 0) is 5.41 Å². The van der Waals surface area contributed by atoms with Gasteiger partial charge in [-0.25, -0.2) is 0 Å². The molecule has 0 amide bonds. The maximum absolute atomic E-state index is 2.66. The second-order valence-corrected chi connectivity index (χ2v) is 20.0. The van der Waals surface area contributed by atoms with Crippen LogP contribution in [0.25, 0.3) is 38.1 Å². The quantitative estimate of drug-likeness (QED) is 0.164. The number of fused-ring (bicyclic) bond motifs is 15. The molecule has 6 heteroatoms. The van der Waals surface area contributed by atoms with E-state index in [4.69, 9.17) is 0 Å². The van der Waals surface area contributed by atoms with Crippen molar-refractivity contribution in [1.82, 2.24) is 4.40 Å². The molecule has 4 aliphatic heterocycles. The molecule has 4 nitrogen and oxygen atoms in total. The van der Waals surface area contributed by atoms with Crippen LogP contribution in [0.3, 0.4) is 0 Å². The fraction of sp³-hybridized carbons (Fsp3) is 0.0476. The van der Waals surface area contributed by atoms with Gasteiger partial charge in [0.2, 0.25) is 6.71 Å². The topological polar surface area (TPSA) is 14.1 Å². The Labute approximate surface area is 401 Å². The number of nitrogens with zero attached hydrogens (tertiary/aromatic N) is 4. The monoisotopic (exact) mass is 876 g/mol. The molecule has 320 valence electrons. The van der Waals surface area contributed by atoms with Crippen molar-refractivity contribution in [1.29, 1.82) is 0 Å². The number of aromatic nitrogens is 1. The molecule has 16 rings (SSSR count). The van der Waals surface area contributed by atoms with Crippen molar-refractivity contribution in [2.45, 2.75) is 19.3 Å². The third kappa shape index (κ3) is 4.71. The summed E-state index contributed by atoms with van der Waals surface area (Å²) in [5.41, 5.74) is 25.3. The molecule has 0 unspecified atom stereocenters. The van der Waals surface area contributed by atoms with E-state index in [2.05, 4.69) is 251 Å². The van der Waals surface area contributed by atoms with E-state index in [0.717, 1.165) is 11.4 Å². The molecule has 0 spiro atoms. The van der Waals surface area contributed by atoms with Crippen LogP contribution in [-0.4, -0.2) is 17.8 Å². The van der Waals surface area contributed by atoms with Crippen LogP contribution < -0.4 is 47.5 Å². The standard InChI is InChI=1S/C63H42B2N4/c1-63(2)45-28-18-33-54-59(45)64(47-29-14-17-32-53(47)66(54)39-20-6-3-7-21-39)48-38-57-49(37-46(48)63)65-50-36-44-42-26-12-15-30-51(42)69-52-31-16-13-27-43(52)58(61(44)69)62(50)68(41-24-10-5-11-25-41)56-35-19-34-55(60(56)65)67(57)40-22-8-4-9-23-40/h3-38H,1-2H3. The number of hydrogen-bond donors (Lipinski definition) is 0. The number of rotatable bonds is 3. The fourth-order valence-electron chi connectivity index (χ4n) is 13.6. The summed E-state index contributed by atoms with van der Waals surface area (Å²) >= 11 is 0. The molecule has 0 fully saturated rings. The van der Waals surface area contributed by atoms with E-state index in [9.17, 15) is 0 Å². The molecular formula is C63H42B2N4. The molecule has 0 bridgehead atoms. The summed E-state index contributed by atoms with van der Waals surface area (Å²) in [7, 11) is 0. The summed E-state index contributed by atoms with van der Waals surface area (Å²) < 4.78 is 2.53. The lowest BCUT2D eigenvalue weighted by atomic mass is 9.28. The Bertz CT molecular complexity index is 4140. The summed E-state index contributed by atoms with van der Waals surface area (Å²) in [6.45, 7) is 4.92. The van der Waals surface area contributed by atoms with Gasteiger partial charge in [-0.05, 0) is 117 Å². The molecule has 0 N–H and O–H groups in total. The SMILES string of the molecule is CC1(C)c2cc3c(cc2B2c4ccccc4N(c4ccccc4)c4cccc1c42)N(c1ccccc1)c1cccc2c1B3c1cc3c4ccccc4n4c5ccccc5c(c1N2c1ccccc1)c34. The predicted octanol–water partition coefficient (Wildman–Crippen LogP) is 11.9. The molecular weight excluding hydrogens is 834 g/mol. The fourth-order valence-corrected chi connectivity index (χ4v) is 13.6. The second kappa shape index (κ2) is 13.4. The summed E-state index contributed by atoms with van der Waals surface area (Å²) in [6, 6.07) is 82.3. The predicted molar refractivity (Wildman–Crippen MR) is 293 cm³/mol. The Morgan fingerprint density at radius 3 is 1.58 bits per heavy atom. The molecule has 2 aromatic heterocycles. The molecule has 0 radical (unpaired) electrons. The van der Waals surface area contributed by atoms with Crippen molar-refractivity contribution >= 4 is 135 Å². The van der Waals surface area contributed by atoms with E-state index >= 15 is 0 Å². The van der Waals surface area contributed by atoms with Gasteiger partial charge in [-0.15, -0.1) is 0 Å². The first-order valence-electron chi connectivity index (χ1n) is 24.3. The molecule has 4 aliphatic rings. The van der Waals surface area contributed by atoms with E-state index in [1.54, 1.807) is 0 Å². The first-order valence-corrected chi connectivity index (χ1v) is 24.3. The van der Waals surface area contributed by atoms with Crippen LogP contribution >= 0.6 is 0 Å². The minimum atomic E-state index is -0.309. The van der Waals surface area contributed by atoms with Gasteiger partial charge in [0.1, 0.15) is 0 Å². The van der Waals surface area contributed by atoms with E-state index in [0.29, 0.717) is 0 Å². The smallest absolute Gasteiger partial charge is 0.252 e. The maximum atomic E-state index is 2.66. The molecule has 0 saturated carbocycles. The highest BCUT2D eigenvalue weighted by Gasteiger charge is 2.50. The Hall–Kier alpha value is -8.47. The zero-order chi connectivity index (χ0) is 45.3. The third-order valence-electron chi connectivity index (χ3n) is 16.3. The van der Waals surface area contributed by atoms with Crippen molar-refractivity contribution in [3.05, 3.63) is 230 Å². The first-order chi connectivity index (χ1) is 34.1. The highest BCUT2D eigenvalue weighted by molar-refractivity contribution is 7.02. The van der Waals surface area contributed by atoms with Crippen LogP contribution in [0.2, 0.25) is 0 Å². The van der Waals surface area contributed by atoms with Gasteiger partial charge >= 0.3 is 0 Å². The number of benzene rings is 10. The van der Waals surface area contributed by atoms with Gasteiger partial charge in [0.05, 0.1) is 22.2 Å². The van der Waals surface area contributed by atoms with Crippen molar-refractivity contribution in [3.8, 4) is 0 Å². The van der Waals surface area contributed by atoms with Gasteiger partial charge in [0.15, 0.2) is 0 Å². The van der Waals surface area contributed by atoms with Crippen molar-refractivity contribution in [2.75, 3.05) is 14.7 Å². The Balaban J connectivity index is 1.05. The summed E-state index contributed by atoms with van der Waals surface area (Å²) in [5, 5.41) is 5.18. The van der Waals surface area contributed by atoms with Crippen LogP contribution in [0, 0.1) is 0 Å². The van der Waals surface area contributed by atoms with E-state index < -0.39 is 0 Å². The van der Waals surface area contributed by atoms with Crippen molar-refractivity contribution in [3.63, 3.8) is 0 Å². The Morgan fingerprint density at radius 1 is 0.348 bits per heavy atom. The lowest BCUT2D eigenvalue weighted by Gasteiger charge is -2.48. The lowest BCUT2D eigenvalue weighted by molar-refractivity contribution is 0.646. The van der Waals surface area contributed by atoms with Crippen LogP contribution in [0.4, 0.5) is 51.2 Å². The van der Waals surface area contributed by atoms with Gasteiger partial charge in [-0.3, -0.25) is 0 Å². The highest BCUT2D eigenvalue weighted by Crippen LogP contribution is 2.51. The molecule has 0 aliphatic carbocycles. The minimum Gasteiger partial charge on any atom is -0.312 e.